The summed E-state index contributed by atoms with van der Waals surface area (Å²) in [6, 6.07) is 0. The fourth-order valence-electron chi connectivity index (χ4n) is 5.55. The summed E-state index contributed by atoms with van der Waals surface area (Å²) in [5, 5.41) is 9.54. The van der Waals surface area contributed by atoms with Crippen LogP contribution in [-0.2, 0) is 9.53 Å². The summed E-state index contributed by atoms with van der Waals surface area (Å²) in [5.41, 5.74) is -1.01. The molecule has 0 spiro atoms. The lowest BCUT2D eigenvalue weighted by Crippen LogP contribution is -2.49. The molecule has 0 amide bonds. The van der Waals surface area contributed by atoms with Gasteiger partial charge in [0, 0.05) is 0 Å². The molecule has 4 bridgehead atoms. The molecule has 1 aliphatic heterocycles. The van der Waals surface area contributed by atoms with Crippen molar-refractivity contribution in [3.8, 4) is 0 Å². The molecule has 1 N–H and O–H groups in total. The van der Waals surface area contributed by atoms with Crippen LogP contribution < -0.4 is 0 Å². The molecule has 1 heterocycles. The molecule has 3 nitrogen and oxygen atoms in total. The van der Waals surface area contributed by atoms with Gasteiger partial charge >= 0.3 is 5.97 Å². The maximum absolute atomic E-state index is 11.6. The maximum Gasteiger partial charge on any atom is 0.340 e. The second-order valence-electron chi connectivity index (χ2n) is 7.21. The van der Waals surface area contributed by atoms with Gasteiger partial charge < -0.3 is 9.84 Å². The van der Waals surface area contributed by atoms with Crippen LogP contribution in [0.2, 0.25) is 0 Å². The van der Waals surface area contributed by atoms with Crippen molar-refractivity contribution in [1.29, 1.82) is 0 Å². The highest BCUT2D eigenvalue weighted by molar-refractivity contribution is 5.80. The summed E-state index contributed by atoms with van der Waals surface area (Å²) in [6.45, 7) is 0.458. The molecule has 0 aromatic heterocycles. The molecule has 0 aromatic carbocycles. The van der Waals surface area contributed by atoms with Gasteiger partial charge in [-0.05, 0) is 74.2 Å². The lowest BCUT2D eigenvalue weighted by Gasteiger charge is -2.55. The molecule has 4 saturated carbocycles. The van der Waals surface area contributed by atoms with Crippen molar-refractivity contribution in [2.75, 3.05) is 6.61 Å². The summed E-state index contributed by atoms with van der Waals surface area (Å²) >= 11 is 0. The van der Waals surface area contributed by atoms with Gasteiger partial charge in [-0.3, -0.25) is 0 Å². The van der Waals surface area contributed by atoms with E-state index in [9.17, 15) is 9.90 Å². The van der Waals surface area contributed by atoms with E-state index in [1.165, 1.54) is 32.1 Å². The molecule has 0 radical (unpaired) electrons. The van der Waals surface area contributed by atoms with E-state index < -0.39 is 11.6 Å². The van der Waals surface area contributed by atoms with Crippen LogP contribution in [-0.4, -0.2) is 23.3 Å². The second kappa shape index (κ2) is 4.08. The van der Waals surface area contributed by atoms with E-state index in [1.807, 2.05) is 6.08 Å². The van der Waals surface area contributed by atoms with Gasteiger partial charge in [0.2, 0.25) is 0 Å². The molecule has 1 atom stereocenters. The molecule has 0 aromatic rings. The van der Waals surface area contributed by atoms with Crippen LogP contribution in [0.1, 0.15) is 38.5 Å². The van der Waals surface area contributed by atoms with Gasteiger partial charge in [0.1, 0.15) is 0 Å². The van der Waals surface area contributed by atoms with E-state index in [0.29, 0.717) is 18.9 Å². The van der Waals surface area contributed by atoms with Crippen LogP contribution >= 0.6 is 0 Å². The number of carboxylic acids is 1. The molecule has 5 aliphatic rings. The Balaban J connectivity index is 1.56. The quantitative estimate of drug-likeness (QED) is 0.795. The van der Waals surface area contributed by atoms with Gasteiger partial charge in [0.25, 0.3) is 0 Å². The fourth-order valence-corrected chi connectivity index (χ4v) is 5.55. The van der Waals surface area contributed by atoms with Crippen molar-refractivity contribution < 1.29 is 14.6 Å². The molecule has 4 aliphatic carbocycles. The van der Waals surface area contributed by atoms with E-state index in [4.69, 9.17) is 4.74 Å². The van der Waals surface area contributed by atoms with Gasteiger partial charge in [-0.15, -0.1) is 0 Å². The largest absolute Gasteiger partial charge is 0.479 e. The number of carboxylic acid groups (broad SMARTS) is 1. The van der Waals surface area contributed by atoms with Gasteiger partial charge in [-0.25, -0.2) is 4.79 Å². The highest BCUT2D eigenvalue weighted by Gasteiger charge is 2.52. The number of rotatable bonds is 3. The first-order valence-corrected chi connectivity index (χ1v) is 7.71. The lowest BCUT2D eigenvalue weighted by molar-refractivity contribution is -0.162. The van der Waals surface area contributed by atoms with E-state index in [0.717, 1.165) is 23.7 Å². The number of ether oxygens (including phenoxy) is 1. The van der Waals surface area contributed by atoms with Gasteiger partial charge in [-0.2, -0.15) is 0 Å². The minimum Gasteiger partial charge on any atom is -0.479 e. The minimum absolute atomic E-state index is 0.458. The number of hydrogen-bond acceptors (Lipinski definition) is 2. The molecule has 3 heteroatoms. The van der Waals surface area contributed by atoms with E-state index in [-0.39, 0.29) is 0 Å². The average Bonchev–Trinajstić information content (AvgIpc) is 2.83. The van der Waals surface area contributed by atoms with Crippen LogP contribution in [0, 0.1) is 29.6 Å². The second-order valence-corrected chi connectivity index (χ2v) is 7.21. The van der Waals surface area contributed by atoms with Crippen LogP contribution in [0.3, 0.4) is 0 Å². The van der Waals surface area contributed by atoms with Crippen LogP contribution in [0.25, 0.3) is 0 Å². The highest BCUT2D eigenvalue weighted by atomic mass is 16.5. The topological polar surface area (TPSA) is 46.5 Å². The van der Waals surface area contributed by atoms with E-state index in [1.54, 1.807) is 6.08 Å². The fraction of sp³-hybridized carbons (Fsp3) is 0.812. The zero-order valence-corrected chi connectivity index (χ0v) is 11.3. The average molecular weight is 262 g/mol. The Bertz CT molecular complexity index is 400. The van der Waals surface area contributed by atoms with E-state index >= 15 is 0 Å². The van der Waals surface area contributed by atoms with Crippen LogP contribution in [0.5, 0.6) is 0 Å². The summed E-state index contributed by atoms with van der Waals surface area (Å²) in [5.74, 6) is 3.20. The first kappa shape index (κ1) is 12.0. The Morgan fingerprint density at radius 3 is 2.26 bits per heavy atom. The van der Waals surface area contributed by atoms with Crippen molar-refractivity contribution in [2.24, 2.45) is 29.6 Å². The normalized spacial score (nSPS) is 50.8. The third-order valence-corrected chi connectivity index (χ3v) is 6.15. The molecule has 0 saturated heterocycles. The van der Waals surface area contributed by atoms with E-state index in [2.05, 4.69) is 0 Å². The first-order chi connectivity index (χ1) is 9.16. The number of aliphatic carboxylic acids is 1. The minimum atomic E-state index is -1.01. The predicted molar refractivity (Wildman–Crippen MR) is 70.6 cm³/mol. The van der Waals surface area contributed by atoms with Crippen molar-refractivity contribution in [3.05, 3.63) is 12.2 Å². The maximum atomic E-state index is 11.6. The Labute approximate surface area is 114 Å². The predicted octanol–water partition coefficient (Wildman–Crippen LogP) is 2.86. The number of hydrogen-bond donors (Lipinski definition) is 1. The Morgan fingerprint density at radius 2 is 1.79 bits per heavy atom. The molecule has 5 rings (SSSR count). The van der Waals surface area contributed by atoms with Gasteiger partial charge in [0.05, 0.1) is 6.61 Å². The monoisotopic (exact) mass is 262 g/mol. The summed E-state index contributed by atoms with van der Waals surface area (Å²) in [7, 11) is 0. The summed E-state index contributed by atoms with van der Waals surface area (Å²) in [4.78, 5) is 11.6. The zero-order chi connectivity index (χ0) is 13.0. The summed E-state index contributed by atoms with van der Waals surface area (Å²) in [6.07, 6.45) is 11.2. The Kier molecular flexibility index (Phi) is 2.57. The highest BCUT2D eigenvalue weighted by Crippen LogP contribution is 2.58. The molecular weight excluding hydrogens is 240 g/mol. The van der Waals surface area contributed by atoms with Crippen molar-refractivity contribution in [3.63, 3.8) is 0 Å². The molecule has 1 unspecified atom stereocenters. The Morgan fingerprint density at radius 1 is 1.16 bits per heavy atom. The van der Waals surface area contributed by atoms with Crippen molar-refractivity contribution in [1.82, 2.24) is 0 Å². The van der Waals surface area contributed by atoms with Crippen LogP contribution in [0.4, 0.5) is 0 Å². The first-order valence-electron chi connectivity index (χ1n) is 7.71. The SMILES string of the molecule is O=C(O)C1(CC2C3CC4CC(C3)CC2C4)C=CCO1. The van der Waals surface area contributed by atoms with Gasteiger partial charge in [-0.1, -0.05) is 6.08 Å². The summed E-state index contributed by atoms with van der Waals surface area (Å²) < 4.78 is 5.60. The number of carbonyl (C=O) groups is 1. The lowest BCUT2D eigenvalue weighted by atomic mass is 9.50. The third-order valence-electron chi connectivity index (χ3n) is 6.15. The molecule has 19 heavy (non-hydrogen) atoms. The third kappa shape index (κ3) is 1.78. The standard InChI is InChI=1S/C16H22O3/c17-15(18)16(2-1-3-19-16)9-14-12-5-10-4-11(7-12)8-13(14)6-10/h1-2,10-14H,3-9H2,(H,17,18). The molecule has 104 valence electrons. The van der Waals surface area contributed by atoms with Crippen molar-refractivity contribution >= 4 is 5.97 Å². The molecular formula is C16H22O3. The van der Waals surface area contributed by atoms with Crippen LogP contribution in [0.15, 0.2) is 12.2 Å². The van der Waals surface area contributed by atoms with Gasteiger partial charge in [0.15, 0.2) is 5.60 Å². The zero-order valence-electron chi connectivity index (χ0n) is 11.3. The smallest absolute Gasteiger partial charge is 0.340 e. The van der Waals surface area contributed by atoms with Crippen molar-refractivity contribution in [2.45, 2.75) is 44.1 Å². The molecule has 4 fully saturated rings. The Hall–Kier alpha value is -0.830.